The highest BCUT2D eigenvalue weighted by Crippen LogP contribution is 2.35. The largest absolute Gasteiger partial charge is 0.487 e. The summed E-state index contributed by atoms with van der Waals surface area (Å²) in [5.41, 5.74) is 0.991. The van der Waals surface area contributed by atoms with Gasteiger partial charge in [-0.05, 0) is 6.42 Å². The summed E-state index contributed by atoms with van der Waals surface area (Å²) in [6, 6.07) is 5.56. The molecule has 0 saturated heterocycles. The van der Waals surface area contributed by atoms with Crippen molar-refractivity contribution in [1.29, 1.82) is 5.26 Å². The molecule has 1 heterocycles. The lowest BCUT2D eigenvalue weighted by molar-refractivity contribution is 0.0223. The summed E-state index contributed by atoms with van der Waals surface area (Å²) >= 11 is 0. The molecule has 1 aromatic rings. The van der Waals surface area contributed by atoms with Gasteiger partial charge in [0.05, 0.1) is 44.0 Å². The summed E-state index contributed by atoms with van der Waals surface area (Å²) in [5, 5.41) is 9.42. The predicted octanol–water partition coefficient (Wildman–Crippen LogP) is 2.36. The van der Waals surface area contributed by atoms with Gasteiger partial charge in [0, 0.05) is 25.7 Å². The zero-order valence-corrected chi connectivity index (χ0v) is 14.9. The van der Waals surface area contributed by atoms with E-state index in [2.05, 4.69) is 18.0 Å². The molecule has 1 aliphatic heterocycles. The highest BCUT2D eigenvalue weighted by molar-refractivity contribution is 5.68. The number of benzene rings is 1. The van der Waals surface area contributed by atoms with E-state index in [1.54, 1.807) is 18.5 Å². The number of hydrogen-bond acceptors (Lipinski definition) is 6. The van der Waals surface area contributed by atoms with E-state index in [1.165, 1.54) is 0 Å². The highest BCUT2D eigenvalue weighted by atomic mass is 16.6. The molecule has 0 atom stereocenters. The molecule has 136 valence electrons. The molecule has 0 radical (unpaired) electrons. The maximum atomic E-state index is 9.42. The quantitative estimate of drug-likeness (QED) is 0.615. The number of nitriles is 1. The third kappa shape index (κ3) is 6.25. The molecule has 25 heavy (non-hydrogen) atoms. The Hall–Kier alpha value is -2.30. The fourth-order valence-electron chi connectivity index (χ4n) is 2.29. The second-order valence-corrected chi connectivity index (χ2v) is 5.57. The average molecular weight is 347 g/mol. The summed E-state index contributed by atoms with van der Waals surface area (Å²) in [7, 11) is 1.95. The van der Waals surface area contributed by atoms with Crippen molar-refractivity contribution in [3.8, 4) is 17.6 Å². The second kappa shape index (κ2) is 10.5. The van der Waals surface area contributed by atoms with Crippen molar-refractivity contribution >= 4 is 12.0 Å². The predicted molar refractivity (Wildman–Crippen MR) is 94.9 cm³/mol. The molecule has 0 unspecified atom stereocenters. The van der Waals surface area contributed by atoms with Gasteiger partial charge in [-0.2, -0.15) is 5.26 Å². The molecular weight excluding hydrogens is 322 g/mol. The smallest absolute Gasteiger partial charge is 0.163 e. The SMILES string of the molecule is CCCN(C)C=Nc1cc2c(cc1C#N)OCCOCCOCCO2. The Kier molecular flexibility index (Phi) is 8.02. The highest BCUT2D eigenvalue weighted by Gasteiger charge is 2.13. The van der Waals surface area contributed by atoms with Gasteiger partial charge in [-0.1, -0.05) is 6.92 Å². The lowest BCUT2D eigenvalue weighted by Crippen LogP contribution is -2.16. The molecule has 7 nitrogen and oxygen atoms in total. The molecule has 0 saturated carbocycles. The summed E-state index contributed by atoms with van der Waals surface area (Å²) in [4.78, 5) is 6.40. The van der Waals surface area contributed by atoms with Gasteiger partial charge >= 0.3 is 0 Å². The number of aliphatic imine (C=N–C) groups is 1. The normalized spacial score (nSPS) is 15.9. The van der Waals surface area contributed by atoms with Crippen molar-refractivity contribution in [3.63, 3.8) is 0 Å². The minimum Gasteiger partial charge on any atom is -0.487 e. The van der Waals surface area contributed by atoms with E-state index < -0.39 is 0 Å². The first-order valence-electron chi connectivity index (χ1n) is 8.48. The van der Waals surface area contributed by atoms with Crippen LogP contribution in [0.2, 0.25) is 0 Å². The van der Waals surface area contributed by atoms with E-state index in [1.807, 2.05) is 11.9 Å². The lowest BCUT2D eigenvalue weighted by Gasteiger charge is -2.16. The van der Waals surface area contributed by atoms with Crippen LogP contribution in [0.1, 0.15) is 18.9 Å². The minimum absolute atomic E-state index is 0.378. The standard InChI is InChI=1S/C18H25N3O4/c1-3-4-21(2)14-20-16-12-18-17(11-15(16)13-19)24-9-7-22-5-6-23-8-10-25-18/h11-12,14H,3-10H2,1-2H3. The van der Waals surface area contributed by atoms with Gasteiger partial charge in [0.25, 0.3) is 0 Å². The molecule has 7 heteroatoms. The maximum absolute atomic E-state index is 9.42. The van der Waals surface area contributed by atoms with Crippen molar-refractivity contribution in [2.45, 2.75) is 13.3 Å². The molecule has 0 amide bonds. The first-order chi connectivity index (χ1) is 12.2. The van der Waals surface area contributed by atoms with E-state index in [-0.39, 0.29) is 0 Å². The van der Waals surface area contributed by atoms with Crippen molar-refractivity contribution < 1.29 is 18.9 Å². The van der Waals surface area contributed by atoms with Crippen molar-refractivity contribution in [1.82, 2.24) is 4.90 Å². The first-order valence-corrected chi connectivity index (χ1v) is 8.48. The molecule has 0 aromatic heterocycles. The van der Waals surface area contributed by atoms with Crippen LogP contribution in [0.5, 0.6) is 11.5 Å². The van der Waals surface area contributed by atoms with Crippen molar-refractivity contribution in [2.75, 3.05) is 53.2 Å². The molecular formula is C18H25N3O4. The summed E-state index contributed by atoms with van der Waals surface area (Å²) in [6.07, 6.45) is 2.75. The van der Waals surface area contributed by atoms with Crippen LogP contribution in [0.4, 0.5) is 5.69 Å². The lowest BCUT2D eigenvalue weighted by atomic mass is 10.1. The second-order valence-electron chi connectivity index (χ2n) is 5.57. The minimum atomic E-state index is 0.378. The molecule has 1 aromatic carbocycles. The van der Waals surface area contributed by atoms with Gasteiger partial charge in [-0.25, -0.2) is 4.99 Å². The number of fused-ring (bicyclic) bond motifs is 1. The Balaban J connectivity index is 2.23. The average Bonchev–Trinajstić information content (AvgIpc) is 2.60. The van der Waals surface area contributed by atoms with Crippen LogP contribution in [0.15, 0.2) is 17.1 Å². The van der Waals surface area contributed by atoms with Crippen LogP contribution < -0.4 is 9.47 Å². The van der Waals surface area contributed by atoms with Gasteiger partial charge in [0.15, 0.2) is 11.5 Å². The third-order valence-electron chi connectivity index (χ3n) is 3.50. The number of rotatable bonds is 4. The van der Waals surface area contributed by atoms with Crippen LogP contribution in [0.25, 0.3) is 0 Å². The Morgan fingerprint density at radius 3 is 2.28 bits per heavy atom. The number of ether oxygens (including phenoxy) is 4. The van der Waals surface area contributed by atoms with E-state index in [9.17, 15) is 5.26 Å². The van der Waals surface area contributed by atoms with Gasteiger partial charge in [-0.15, -0.1) is 0 Å². The zero-order chi connectivity index (χ0) is 17.9. The maximum Gasteiger partial charge on any atom is 0.163 e. The summed E-state index contributed by atoms with van der Waals surface area (Å²) < 4.78 is 22.3. The van der Waals surface area contributed by atoms with E-state index in [4.69, 9.17) is 18.9 Å². The van der Waals surface area contributed by atoms with Gasteiger partial charge in [0.2, 0.25) is 0 Å². The van der Waals surface area contributed by atoms with Crippen LogP contribution >= 0.6 is 0 Å². The monoisotopic (exact) mass is 347 g/mol. The van der Waals surface area contributed by atoms with Crippen LogP contribution in [0, 0.1) is 11.3 Å². The van der Waals surface area contributed by atoms with E-state index >= 15 is 0 Å². The van der Waals surface area contributed by atoms with Crippen LogP contribution in [-0.2, 0) is 9.47 Å². The third-order valence-corrected chi connectivity index (χ3v) is 3.50. The van der Waals surface area contributed by atoms with Gasteiger partial charge in [0.1, 0.15) is 19.3 Å². The Morgan fingerprint density at radius 2 is 1.68 bits per heavy atom. The van der Waals surface area contributed by atoms with E-state index in [0.29, 0.717) is 62.4 Å². The molecule has 0 aliphatic carbocycles. The summed E-state index contributed by atoms with van der Waals surface area (Å²) in [6.45, 7) is 5.73. The molecule has 0 fully saturated rings. The van der Waals surface area contributed by atoms with E-state index in [0.717, 1.165) is 13.0 Å². The van der Waals surface area contributed by atoms with Crippen molar-refractivity contribution in [2.24, 2.45) is 4.99 Å². The number of hydrogen-bond donors (Lipinski definition) is 0. The molecule has 2 rings (SSSR count). The first kappa shape index (κ1) is 19.0. The van der Waals surface area contributed by atoms with Crippen LogP contribution in [0.3, 0.4) is 0 Å². The Morgan fingerprint density at radius 1 is 1.08 bits per heavy atom. The fraction of sp³-hybridized carbons (Fsp3) is 0.556. The summed E-state index contributed by atoms with van der Waals surface area (Å²) in [5.74, 6) is 1.06. The molecule has 0 N–H and O–H groups in total. The fourth-order valence-corrected chi connectivity index (χ4v) is 2.29. The molecule has 0 spiro atoms. The van der Waals surface area contributed by atoms with Gasteiger partial charge in [-0.3, -0.25) is 0 Å². The zero-order valence-electron chi connectivity index (χ0n) is 14.9. The molecule has 0 bridgehead atoms. The number of nitrogens with zero attached hydrogens (tertiary/aromatic N) is 3. The topological polar surface area (TPSA) is 76.3 Å². The Bertz CT molecular complexity index is 613. The molecule has 1 aliphatic rings. The van der Waals surface area contributed by atoms with Crippen LogP contribution in [-0.4, -0.2) is 64.5 Å². The Labute approximate surface area is 148 Å². The van der Waals surface area contributed by atoms with Gasteiger partial charge < -0.3 is 23.8 Å². The van der Waals surface area contributed by atoms with Crippen molar-refractivity contribution in [3.05, 3.63) is 17.7 Å².